The molecule has 19 heavy (non-hydrogen) atoms. The van der Waals surface area contributed by atoms with E-state index in [0.29, 0.717) is 11.3 Å². The van der Waals surface area contributed by atoms with Crippen LogP contribution in [0.1, 0.15) is 38.7 Å². The molecule has 4 nitrogen and oxygen atoms in total. The molecule has 2 aromatic heterocycles. The number of halogens is 1. The molecule has 0 saturated heterocycles. The van der Waals surface area contributed by atoms with Gasteiger partial charge in [-0.25, -0.2) is 9.67 Å². The smallest absolute Gasteiger partial charge is 0.158 e. The van der Waals surface area contributed by atoms with Crippen molar-refractivity contribution in [3.8, 4) is 0 Å². The van der Waals surface area contributed by atoms with E-state index in [-0.39, 0.29) is 0 Å². The Labute approximate surface area is 118 Å². The zero-order chi connectivity index (χ0) is 13.8. The summed E-state index contributed by atoms with van der Waals surface area (Å²) >= 11 is 6.07. The van der Waals surface area contributed by atoms with E-state index >= 15 is 0 Å². The monoisotopic (exact) mass is 280 g/mol. The summed E-state index contributed by atoms with van der Waals surface area (Å²) in [5, 5.41) is 4.56. The summed E-state index contributed by atoms with van der Waals surface area (Å²) in [7, 11) is 0. The lowest BCUT2D eigenvalue weighted by Crippen LogP contribution is -2.11. The van der Waals surface area contributed by atoms with Gasteiger partial charge in [-0.3, -0.25) is 0 Å². The standard InChI is InChI=1S/C14H21ClN4/c1-5-19-13-12(9(2)17-19)16-11(7-15)18(13)8-10-6-14(10,3)4/h10H,5-8H2,1-4H3. The fourth-order valence-corrected chi connectivity index (χ4v) is 3.10. The van der Waals surface area contributed by atoms with E-state index in [2.05, 4.69) is 35.4 Å². The average Bonchev–Trinajstić information content (AvgIpc) is 2.74. The summed E-state index contributed by atoms with van der Waals surface area (Å²) in [5.74, 6) is 2.17. The SMILES string of the molecule is CCn1nc(C)c2nc(CCl)n(CC3CC3(C)C)c21. The van der Waals surface area contributed by atoms with Gasteiger partial charge in [0.25, 0.3) is 0 Å². The molecule has 0 N–H and O–H groups in total. The van der Waals surface area contributed by atoms with Crippen molar-refractivity contribution in [2.24, 2.45) is 11.3 Å². The molecule has 2 aromatic rings. The first-order valence-electron chi connectivity index (χ1n) is 6.96. The Bertz CT molecular complexity index is 623. The molecule has 0 spiro atoms. The van der Waals surface area contributed by atoms with Crippen LogP contribution >= 0.6 is 11.6 Å². The molecular weight excluding hydrogens is 260 g/mol. The van der Waals surface area contributed by atoms with Gasteiger partial charge < -0.3 is 4.57 Å². The van der Waals surface area contributed by atoms with Gasteiger partial charge in [-0.05, 0) is 31.6 Å². The molecule has 0 radical (unpaired) electrons. The van der Waals surface area contributed by atoms with Crippen LogP contribution < -0.4 is 0 Å². The Morgan fingerprint density at radius 3 is 2.63 bits per heavy atom. The minimum Gasteiger partial charge on any atom is -0.312 e. The lowest BCUT2D eigenvalue weighted by molar-refractivity contribution is 0.491. The molecule has 5 heteroatoms. The van der Waals surface area contributed by atoms with Crippen LogP contribution in [0.5, 0.6) is 0 Å². The van der Waals surface area contributed by atoms with Crippen LogP contribution in [0.15, 0.2) is 0 Å². The maximum absolute atomic E-state index is 6.07. The first-order valence-corrected chi connectivity index (χ1v) is 7.50. The Morgan fingerprint density at radius 2 is 2.11 bits per heavy atom. The van der Waals surface area contributed by atoms with E-state index < -0.39 is 0 Å². The minimum atomic E-state index is 0.463. The summed E-state index contributed by atoms with van der Waals surface area (Å²) in [6.45, 7) is 10.7. The molecule has 1 aliphatic rings. The summed E-state index contributed by atoms with van der Waals surface area (Å²) in [6.07, 6.45) is 1.29. The highest BCUT2D eigenvalue weighted by Gasteiger charge is 2.46. The predicted molar refractivity (Wildman–Crippen MR) is 77.4 cm³/mol. The highest BCUT2D eigenvalue weighted by Crippen LogP contribution is 2.52. The van der Waals surface area contributed by atoms with Crippen molar-refractivity contribution in [1.29, 1.82) is 0 Å². The lowest BCUT2D eigenvalue weighted by Gasteiger charge is -2.10. The first kappa shape index (κ1) is 13.0. The van der Waals surface area contributed by atoms with Crippen molar-refractivity contribution in [2.75, 3.05) is 0 Å². The number of aromatic nitrogens is 4. The molecule has 0 aromatic carbocycles. The van der Waals surface area contributed by atoms with Crippen LogP contribution in [0.4, 0.5) is 0 Å². The van der Waals surface area contributed by atoms with Gasteiger partial charge in [0.15, 0.2) is 5.65 Å². The van der Waals surface area contributed by atoms with Gasteiger partial charge in [-0.2, -0.15) is 5.10 Å². The van der Waals surface area contributed by atoms with Crippen molar-refractivity contribution in [3.63, 3.8) is 0 Å². The van der Waals surface area contributed by atoms with Gasteiger partial charge in [0, 0.05) is 13.1 Å². The molecule has 1 fully saturated rings. The minimum absolute atomic E-state index is 0.463. The molecule has 1 unspecified atom stereocenters. The Balaban J connectivity index is 2.09. The largest absolute Gasteiger partial charge is 0.312 e. The van der Waals surface area contributed by atoms with E-state index in [1.54, 1.807) is 0 Å². The van der Waals surface area contributed by atoms with Crippen LogP contribution in [-0.2, 0) is 19.0 Å². The molecule has 0 amide bonds. The van der Waals surface area contributed by atoms with Crippen molar-refractivity contribution < 1.29 is 0 Å². The van der Waals surface area contributed by atoms with Crippen LogP contribution in [0, 0.1) is 18.3 Å². The van der Waals surface area contributed by atoms with E-state index in [1.165, 1.54) is 6.42 Å². The second-order valence-corrected chi connectivity index (χ2v) is 6.50. The number of alkyl halides is 1. The number of hydrogen-bond donors (Lipinski definition) is 0. The summed E-state index contributed by atoms with van der Waals surface area (Å²) in [4.78, 5) is 4.68. The van der Waals surface area contributed by atoms with Gasteiger partial charge in [0.2, 0.25) is 0 Å². The van der Waals surface area contributed by atoms with Crippen LogP contribution in [0.25, 0.3) is 11.2 Å². The van der Waals surface area contributed by atoms with Gasteiger partial charge >= 0.3 is 0 Å². The van der Waals surface area contributed by atoms with Gasteiger partial charge in [0.1, 0.15) is 11.3 Å². The number of imidazole rings is 1. The fourth-order valence-electron chi connectivity index (χ4n) is 2.89. The third-order valence-corrected chi connectivity index (χ3v) is 4.66. The van der Waals surface area contributed by atoms with E-state index in [4.69, 9.17) is 11.6 Å². The number of nitrogens with zero attached hydrogens (tertiary/aromatic N) is 4. The van der Waals surface area contributed by atoms with Crippen molar-refractivity contribution in [3.05, 3.63) is 11.5 Å². The molecule has 0 bridgehead atoms. The molecule has 104 valence electrons. The predicted octanol–water partition coefficient (Wildman–Crippen LogP) is 3.35. The fraction of sp³-hybridized carbons (Fsp3) is 0.714. The Morgan fingerprint density at radius 1 is 1.42 bits per heavy atom. The first-order chi connectivity index (χ1) is 8.97. The maximum Gasteiger partial charge on any atom is 0.158 e. The summed E-state index contributed by atoms with van der Waals surface area (Å²) < 4.78 is 4.33. The van der Waals surface area contributed by atoms with Crippen LogP contribution in [0.3, 0.4) is 0 Å². The number of hydrogen-bond acceptors (Lipinski definition) is 2. The maximum atomic E-state index is 6.07. The van der Waals surface area contributed by atoms with Gasteiger partial charge in [-0.15, -0.1) is 11.6 Å². The number of aryl methyl sites for hydroxylation is 2. The highest BCUT2D eigenvalue weighted by atomic mass is 35.5. The number of rotatable bonds is 4. The van der Waals surface area contributed by atoms with Gasteiger partial charge in [-0.1, -0.05) is 13.8 Å². The summed E-state index contributed by atoms with van der Waals surface area (Å²) in [5.41, 5.74) is 3.61. The Kier molecular flexibility index (Phi) is 2.89. The lowest BCUT2D eigenvalue weighted by atomic mass is 10.1. The van der Waals surface area contributed by atoms with Gasteiger partial charge in [0.05, 0.1) is 11.6 Å². The summed E-state index contributed by atoms with van der Waals surface area (Å²) in [6, 6.07) is 0. The molecule has 1 atom stereocenters. The third kappa shape index (κ3) is 1.97. The van der Waals surface area contributed by atoms with E-state index in [1.807, 2.05) is 11.6 Å². The van der Waals surface area contributed by atoms with E-state index in [9.17, 15) is 0 Å². The molecule has 3 rings (SSSR count). The third-order valence-electron chi connectivity index (χ3n) is 4.42. The van der Waals surface area contributed by atoms with Crippen molar-refractivity contribution in [2.45, 2.75) is 53.1 Å². The van der Waals surface area contributed by atoms with E-state index in [0.717, 1.165) is 41.7 Å². The zero-order valence-electron chi connectivity index (χ0n) is 12.1. The molecule has 1 saturated carbocycles. The molecular formula is C14H21ClN4. The normalized spacial score (nSPS) is 21.2. The second kappa shape index (κ2) is 4.23. The van der Waals surface area contributed by atoms with Crippen molar-refractivity contribution in [1.82, 2.24) is 19.3 Å². The van der Waals surface area contributed by atoms with Crippen LogP contribution in [-0.4, -0.2) is 19.3 Å². The molecule has 1 aliphatic carbocycles. The van der Waals surface area contributed by atoms with Crippen LogP contribution in [0.2, 0.25) is 0 Å². The zero-order valence-corrected chi connectivity index (χ0v) is 12.8. The molecule has 0 aliphatic heterocycles. The average molecular weight is 281 g/mol. The molecule has 2 heterocycles. The quantitative estimate of drug-likeness (QED) is 0.805. The topological polar surface area (TPSA) is 35.6 Å². The highest BCUT2D eigenvalue weighted by molar-refractivity contribution is 6.16. The van der Waals surface area contributed by atoms with Crippen molar-refractivity contribution >= 4 is 22.8 Å². The Hall–Kier alpha value is -1.03. The number of fused-ring (bicyclic) bond motifs is 1. The second-order valence-electron chi connectivity index (χ2n) is 6.24.